The van der Waals surface area contributed by atoms with Crippen molar-refractivity contribution in [2.45, 2.75) is 97.5 Å². The molecule has 0 aromatic heterocycles. The van der Waals surface area contributed by atoms with Crippen LogP contribution in [0.25, 0.3) is 0 Å². The van der Waals surface area contributed by atoms with Crippen molar-refractivity contribution in [2.75, 3.05) is 39.6 Å². The van der Waals surface area contributed by atoms with Crippen LogP contribution < -0.4 is 0 Å². The average molecular weight is 913 g/mol. The fourth-order valence-corrected chi connectivity index (χ4v) is 5.39. The number of hydrogen-bond acceptors (Lipinski definition) is 16. The maximum Gasteiger partial charge on any atom is 0.343 e. The second-order valence-electron chi connectivity index (χ2n) is 16.8. The molecule has 1 aliphatic rings. The highest BCUT2D eigenvalue weighted by molar-refractivity contribution is 6.17. The van der Waals surface area contributed by atoms with Crippen LogP contribution in [0.3, 0.4) is 0 Å². The summed E-state index contributed by atoms with van der Waals surface area (Å²) in [6, 6.07) is 14.0. The predicted octanol–water partition coefficient (Wildman–Crippen LogP) is 4.24. The number of nitrogens with zero attached hydrogens (tertiary/aromatic N) is 1. The summed E-state index contributed by atoms with van der Waals surface area (Å²) in [5, 5.41) is 20.5. The highest BCUT2D eigenvalue weighted by Gasteiger charge is 2.47. The number of carbonyl (C=O) groups excluding carboxylic acids is 7. The summed E-state index contributed by atoms with van der Waals surface area (Å²) in [6.45, 7) is 4.83. The van der Waals surface area contributed by atoms with E-state index in [1.54, 1.807) is 48.5 Å². The van der Waals surface area contributed by atoms with Gasteiger partial charge in [0.15, 0.2) is 11.2 Å². The van der Waals surface area contributed by atoms with Crippen LogP contribution in [-0.2, 0) is 91.8 Å². The second-order valence-corrected chi connectivity index (χ2v) is 17.3. The van der Waals surface area contributed by atoms with Gasteiger partial charge < -0.3 is 43.5 Å². The molecule has 2 amide bonds. The van der Waals surface area contributed by atoms with Crippen LogP contribution in [0.5, 0.6) is 0 Å². The van der Waals surface area contributed by atoms with Crippen LogP contribution in [0.4, 0.5) is 0 Å². The number of esters is 4. The molecule has 0 bridgehead atoms. The highest BCUT2D eigenvalue weighted by atomic mass is 35.5. The van der Waals surface area contributed by atoms with E-state index in [1.807, 2.05) is 0 Å². The lowest BCUT2D eigenvalue weighted by Gasteiger charge is -2.35. The van der Waals surface area contributed by atoms with Gasteiger partial charge in [-0.3, -0.25) is 19.2 Å². The van der Waals surface area contributed by atoms with E-state index >= 15 is 0 Å². The van der Waals surface area contributed by atoms with Gasteiger partial charge in [-0.15, -0.1) is 28.3 Å². The minimum atomic E-state index is -1.94. The first-order valence-corrected chi connectivity index (χ1v) is 20.6. The molecule has 17 nitrogen and oxygen atoms in total. The Hall–Kier alpha value is -4.65. The van der Waals surface area contributed by atoms with Crippen LogP contribution in [-0.4, -0.2) is 108 Å². The molecule has 2 aromatic carbocycles. The lowest BCUT2D eigenvalue weighted by atomic mass is 9.92. The van der Waals surface area contributed by atoms with Gasteiger partial charge in [-0.1, -0.05) is 48.5 Å². The number of benzene rings is 2. The number of hydroxylamine groups is 2. The zero-order valence-corrected chi connectivity index (χ0v) is 37.4. The Morgan fingerprint density at radius 2 is 0.855 bits per heavy atom. The minimum absolute atomic E-state index is 0.123. The van der Waals surface area contributed by atoms with E-state index in [0.717, 1.165) is 11.1 Å². The molecule has 2 N–H and O–H groups in total. The van der Waals surface area contributed by atoms with E-state index in [-0.39, 0.29) is 26.1 Å². The maximum atomic E-state index is 13.7. The van der Waals surface area contributed by atoms with Crippen molar-refractivity contribution in [1.82, 2.24) is 5.06 Å². The van der Waals surface area contributed by atoms with Crippen molar-refractivity contribution in [3.05, 3.63) is 70.8 Å². The Morgan fingerprint density at radius 1 is 0.516 bits per heavy atom. The number of ether oxygens (including phenoxy) is 6. The molecule has 0 saturated carbocycles. The van der Waals surface area contributed by atoms with Crippen molar-refractivity contribution in [2.24, 2.45) is 16.2 Å². The largest absolute Gasteiger partial charge is 0.462 e. The molecule has 1 aliphatic heterocycles. The van der Waals surface area contributed by atoms with Gasteiger partial charge in [0, 0.05) is 24.6 Å². The normalized spacial score (nSPS) is 16.1. The summed E-state index contributed by atoms with van der Waals surface area (Å²) < 4.78 is 33.3. The number of hydrogen-bond donors (Lipinski definition) is 2. The quantitative estimate of drug-likeness (QED) is 0.0650. The number of aliphatic hydroxyl groups excluding tert-OH is 2. The SMILES string of the molecule is CC(CO)(COC(=O)C(C)(C)OCC(C)(COC(C)(C)C(=O)OCC(C)(CO)C(=O)OCc1ccc(CCl)cc1)C(=O)ON1C(=O)CCC1=O)C(=O)OCc1ccc(CCl)cc1. The van der Waals surface area contributed by atoms with Gasteiger partial charge in [-0.2, -0.15) is 0 Å². The summed E-state index contributed by atoms with van der Waals surface area (Å²) in [5.74, 6) is -5.85. The van der Waals surface area contributed by atoms with Crippen molar-refractivity contribution >= 4 is 64.9 Å². The summed E-state index contributed by atoms with van der Waals surface area (Å²) in [6.07, 6.45) is -0.394. The molecule has 2 unspecified atom stereocenters. The van der Waals surface area contributed by atoms with E-state index in [1.165, 1.54) is 48.5 Å². The first-order chi connectivity index (χ1) is 29.0. The van der Waals surface area contributed by atoms with Crippen molar-refractivity contribution in [3.8, 4) is 0 Å². The molecule has 1 heterocycles. The van der Waals surface area contributed by atoms with Crippen molar-refractivity contribution in [1.29, 1.82) is 0 Å². The highest BCUT2D eigenvalue weighted by Crippen LogP contribution is 2.30. The van der Waals surface area contributed by atoms with E-state index in [4.69, 9.17) is 56.5 Å². The molecule has 3 rings (SSSR count). The molecule has 0 radical (unpaired) electrons. The third-order valence-electron chi connectivity index (χ3n) is 9.98. The number of rotatable bonds is 24. The van der Waals surface area contributed by atoms with Crippen molar-refractivity contribution < 1.29 is 77.0 Å². The smallest absolute Gasteiger partial charge is 0.343 e. The third kappa shape index (κ3) is 13.9. The van der Waals surface area contributed by atoms with Crippen LogP contribution in [0.2, 0.25) is 0 Å². The summed E-state index contributed by atoms with van der Waals surface area (Å²) in [7, 11) is 0. The second kappa shape index (κ2) is 22.1. The van der Waals surface area contributed by atoms with Gasteiger partial charge in [-0.05, 0) is 70.7 Å². The van der Waals surface area contributed by atoms with Gasteiger partial charge in [0.2, 0.25) is 0 Å². The first-order valence-electron chi connectivity index (χ1n) is 19.5. The number of carbonyl (C=O) groups is 7. The fourth-order valence-electron chi connectivity index (χ4n) is 5.04. The predicted molar refractivity (Wildman–Crippen MR) is 219 cm³/mol. The summed E-state index contributed by atoms with van der Waals surface area (Å²) >= 11 is 11.6. The first kappa shape index (κ1) is 51.7. The minimum Gasteiger partial charge on any atom is -0.462 e. The van der Waals surface area contributed by atoms with Gasteiger partial charge in [0.1, 0.15) is 42.7 Å². The van der Waals surface area contributed by atoms with Crippen LogP contribution in [0, 0.1) is 16.2 Å². The average Bonchev–Trinajstić information content (AvgIpc) is 3.58. The molecule has 19 heteroatoms. The fraction of sp³-hybridized carbons (Fsp3) is 0.558. The number of alkyl halides is 2. The number of aliphatic hydroxyl groups is 2. The summed E-state index contributed by atoms with van der Waals surface area (Å²) in [4.78, 5) is 96.2. The molecule has 1 fully saturated rings. The Labute approximate surface area is 370 Å². The summed E-state index contributed by atoms with van der Waals surface area (Å²) in [5.41, 5.74) is -5.90. The van der Waals surface area contributed by atoms with Crippen LogP contribution in [0.15, 0.2) is 48.5 Å². The van der Waals surface area contributed by atoms with Gasteiger partial charge >= 0.3 is 29.8 Å². The monoisotopic (exact) mass is 911 g/mol. The molecule has 62 heavy (non-hydrogen) atoms. The molecule has 342 valence electrons. The van der Waals surface area contributed by atoms with Crippen LogP contribution in [0.1, 0.15) is 83.6 Å². The number of imide groups is 1. The van der Waals surface area contributed by atoms with Gasteiger partial charge in [0.25, 0.3) is 11.8 Å². The van der Waals surface area contributed by atoms with Crippen molar-refractivity contribution in [3.63, 3.8) is 0 Å². The molecule has 0 aliphatic carbocycles. The Balaban J connectivity index is 1.68. The van der Waals surface area contributed by atoms with Gasteiger partial charge in [0.05, 0.1) is 26.4 Å². The standard InChI is InChI=1S/C43H55Cl2NO16/c1-39(2,34(51)58-24-41(5,22-47)36(53)56-20-30-12-8-28(18-44)9-13-30)60-26-43(7,38(55)62-46-32(49)16-17-33(46)50)27-61-40(3,4)35(52)59-25-42(6,23-48)37(54)57-21-31-14-10-29(19-45)11-15-31/h8-15,47-48H,16-27H2,1-7H3. The topological polar surface area (TPSA) is 228 Å². The van der Waals surface area contributed by atoms with E-state index < -0.39 is 109 Å². The lowest BCUT2D eigenvalue weighted by molar-refractivity contribution is -0.216. The molecule has 2 atom stereocenters. The number of halogens is 2. The van der Waals surface area contributed by atoms with E-state index in [9.17, 15) is 43.8 Å². The Bertz CT molecular complexity index is 1790. The lowest BCUT2D eigenvalue weighted by Crippen LogP contribution is -2.50. The molecule has 1 saturated heterocycles. The zero-order chi connectivity index (χ0) is 46.5. The Morgan fingerprint density at radius 3 is 1.18 bits per heavy atom. The maximum absolute atomic E-state index is 13.7. The zero-order valence-electron chi connectivity index (χ0n) is 35.9. The van der Waals surface area contributed by atoms with E-state index in [0.29, 0.717) is 28.0 Å². The number of amides is 2. The molecule has 2 aromatic rings. The molecular weight excluding hydrogens is 857 g/mol. The molecule has 0 spiro atoms. The Kier molecular flexibility index (Phi) is 18.4. The van der Waals surface area contributed by atoms with Crippen LogP contribution >= 0.6 is 23.2 Å². The third-order valence-corrected chi connectivity index (χ3v) is 10.6. The van der Waals surface area contributed by atoms with Gasteiger partial charge in [-0.25, -0.2) is 14.4 Å². The van der Waals surface area contributed by atoms with E-state index in [2.05, 4.69) is 0 Å². The molecular formula is C43H55Cl2NO16.